The standard InChI is InChI=1S/2C2H5AsO5.3Ba/c2*4-2(5)1-3(6,7)8;;;/h2*1H2,(H,4,5)(H2,6,7,8);;;/q;;3*+2/p-6. The van der Waals surface area contributed by atoms with Crippen LogP contribution in [0, 0.1) is 0 Å². The molecule has 15 heteroatoms. The minimum atomic E-state index is -5.43. The van der Waals surface area contributed by atoms with Crippen LogP contribution in [0.5, 0.6) is 0 Å². The fourth-order valence-electron chi connectivity index (χ4n) is 0.316. The number of carboxylic acid groups (broad SMARTS) is 2. The molecule has 0 unspecified atom stereocenters. The van der Waals surface area contributed by atoms with Gasteiger partial charge < -0.3 is 0 Å². The van der Waals surface area contributed by atoms with Gasteiger partial charge in [0.15, 0.2) is 0 Å². The van der Waals surface area contributed by atoms with Crippen LogP contribution >= 0.6 is 0 Å². The smallest absolute Gasteiger partial charge is 2.00 e. The Bertz CT molecular complexity index is 313. The van der Waals surface area contributed by atoms with Crippen molar-refractivity contribution >= 4 is 187 Å². The number of carboxylic acids is 2. The summed E-state index contributed by atoms with van der Waals surface area (Å²) >= 11 is -10.9. The molecule has 0 amide bonds. The van der Waals surface area contributed by atoms with Crippen molar-refractivity contribution in [1.82, 2.24) is 0 Å². The van der Waals surface area contributed by atoms with E-state index in [1.54, 1.807) is 0 Å². The number of aliphatic carboxylic acids is 2. The molecule has 0 aromatic rings. The van der Waals surface area contributed by atoms with Gasteiger partial charge in [0.2, 0.25) is 0 Å². The second kappa shape index (κ2) is 17.0. The van der Waals surface area contributed by atoms with Crippen LogP contribution in [0.3, 0.4) is 0 Å². The molecule has 0 rings (SSSR count). The number of hydrogen-bond acceptors (Lipinski definition) is 10. The first-order valence-electron chi connectivity index (χ1n) is 3.25. The molecule has 0 aromatic carbocycles. The second-order valence-corrected chi connectivity index (χ2v) is 8.74. The average Bonchev–Trinajstić information content (AvgIpc) is 1.72. The van der Waals surface area contributed by atoms with Crippen LogP contribution < -0.4 is 26.6 Å². The molecule has 0 bridgehead atoms. The third-order valence-corrected chi connectivity index (χ3v) is 3.35. The maximum absolute atomic E-state index is 9.55. The minimum absolute atomic E-state index is 0. The Morgan fingerprint density at radius 1 is 0.684 bits per heavy atom. The Morgan fingerprint density at radius 2 is 0.842 bits per heavy atom. The zero-order valence-corrected chi connectivity index (χ0v) is 26.6. The van der Waals surface area contributed by atoms with Gasteiger partial charge >= 0.3 is 241 Å². The average molecular weight is 774 g/mol. The van der Waals surface area contributed by atoms with Crippen molar-refractivity contribution in [3.8, 4) is 0 Å². The summed E-state index contributed by atoms with van der Waals surface area (Å²) in [6, 6.07) is 0. The van der Waals surface area contributed by atoms with Crippen LogP contribution in [-0.2, 0) is 17.1 Å². The van der Waals surface area contributed by atoms with Gasteiger partial charge in [-0.2, -0.15) is 0 Å². The third kappa shape index (κ3) is 44.9. The van der Waals surface area contributed by atoms with Crippen molar-refractivity contribution in [3.63, 3.8) is 0 Å². The first-order valence-corrected chi connectivity index (χ1v) is 10.5. The summed E-state index contributed by atoms with van der Waals surface area (Å²) < 4.78 is 57.3. The van der Waals surface area contributed by atoms with Gasteiger partial charge in [0.25, 0.3) is 0 Å². The van der Waals surface area contributed by atoms with E-state index in [1.165, 1.54) is 0 Å². The molecule has 19 heavy (non-hydrogen) atoms. The van der Waals surface area contributed by atoms with Gasteiger partial charge in [0, 0.05) is 0 Å². The van der Waals surface area contributed by atoms with E-state index in [-0.39, 0.29) is 147 Å². The quantitative estimate of drug-likeness (QED) is 0.247. The predicted molar refractivity (Wildman–Crippen MR) is 49.8 cm³/mol. The monoisotopic (exact) mass is 776 g/mol. The molecule has 0 saturated heterocycles. The van der Waals surface area contributed by atoms with E-state index in [0.717, 1.165) is 0 Å². The van der Waals surface area contributed by atoms with Crippen molar-refractivity contribution in [2.75, 3.05) is 0 Å². The molecule has 0 spiro atoms. The third-order valence-electron chi connectivity index (χ3n) is 0.645. The maximum atomic E-state index is 9.55. The van der Waals surface area contributed by atoms with Gasteiger partial charge in [0.1, 0.15) is 0 Å². The zero-order valence-electron chi connectivity index (χ0n) is 9.51. The van der Waals surface area contributed by atoms with E-state index in [9.17, 15) is 43.7 Å². The van der Waals surface area contributed by atoms with E-state index in [2.05, 4.69) is 0 Å². The molecular formula is C4H4As2Ba3O10. The van der Waals surface area contributed by atoms with Crippen molar-refractivity contribution in [2.24, 2.45) is 0 Å². The van der Waals surface area contributed by atoms with Gasteiger partial charge in [-0.25, -0.2) is 0 Å². The summed E-state index contributed by atoms with van der Waals surface area (Å²) in [5.74, 6) is -3.67. The summed E-state index contributed by atoms with van der Waals surface area (Å²) in [6.07, 6.45) is 0. The Kier molecular flexibility index (Phi) is 31.0. The number of rotatable bonds is 4. The van der Waals surface area contributed by atoms with Crippen LogP contribution in [0.15, 0.2) is 0 Å². The van der Waals surface area contributed by atoms with Crippen molar-refractivity contribution in [3.05, 3.63) is 0 Å². The van der Waals surface area contributed by atoms with Gasteiger partial charge in [-0.3, -0.25) is 0 Å². The molecule has 0 radical (unpaired) electrons. The summed E-state index contributed by atoms with van der Waals surface area (Å²) in [7, 11) is 0. The Hall–Kier alpha value is 4.21. The molecule has 0 aromatic heterocycles. The molecule has 96 valence electrons. The Morgan fingerprint density at radius 3 is 0.842 bits per heavy atom. The van der Waals surface area contributed by atoms with Crippen molar-refractivity contribution in [2.45, 2.75) is 10.4 Å². The van der Waals surface area contributed by atoms with Crippen molar-refractivity contribution in [1.29, 1.82) is 0 Å². The fraction of sp³-hybridized carbons (Fsp3) is 0.500. The van der Waals surface area contributed by atoms with E-state index < -0.39 is 50.7 Å². The topological polar surface area (TPSA) is 207 Å². The van der Waals surface area contributed by atoms with E-state index in [1.807, 2.05) is 0 Å². The van der Waals surface area contributed by atoms with E-state index >= 15 is 0 Å². The van der Waals surface area contributed by atoms with Crippen molar-refractivity contribution < 1.29 is 43.7 Å². The predicted octanol–water partition coefficient (Wildman–Crippen LogP) is -9.49. The normalized spacial score (nSPS) is 9.47. The number of hydrogen-bond donors (Lipinski definition) is 0. The zero-order chi connectivity index (χ0) is 13.6. The molecule has 0 N–H and O–H groups in total. The van der Waals surface area contributed by atoms with Crippen LogP contribution in [0.25, 0.3) is 0 Å². The first kappa shape index (κ1) is 34.5. The van der Waals surface area contributed by atoms with Crippen LogP contribution in [0.2, 0.25) is 10.4 Å². The number of carbonyl (C=O) groups is 2. The summed E-state index contributed by atoms with van der Waals surface area (Å²) in [6.45, 7) is 0. The molecule has 0 fully saturated rings. The fourth-order valence-corrected chi connectivity index (χ4v) is 1.64. The van der Waals surface area contributed by atoms with Gasteiger partial charge in [-0.05, 0) is 0 Å². The molecule has 0 atom stereocenters. The molecular weight excluding hydrogens is 770 g/mol. The van der Waals surface area contributed by atoms with E-state index in [4.69, 9.17) is 0 Å². The summed E-state index contributed by atoms with van der Waals surface area (Å²) in [5, 5.41) is 16.0. The molecule has 0 aliphatic rings. The Balaban J connectivity index is -0.0000000594. The Labute approximate surface area is 234 Å². The largest absolute Gasteiger partial charge is 2.00 e. The molecule has 10 nitrogen and oxygen atoms in total. The first-order chi connectivity index (χ1) is 6.83. The van der Waals surface area contributed by atoms with Gasteiger partial charge in [-0.1, -0.05) is 0 Å². The van der Waals surface area contributed by atoms with Crippen LogP contribution in [-0.4, -0.2) is 187 Å². The summed E-state index contributed by atoms with van der Waals surface area (Å²) in [5.41, 5.74) is 0. The number of carbonyl (C=O) groups excluding carboxylic acids is 2. The SMILES string of the molecule is O=C([O-])C[As](=O)([O-])[O-].O=C([O-])C[As](=O)([O-])[O-].[Ba+2].[Ba+2].[Ba+2]. The second-order valence-electron chi connectivity index (χ2n) is 2.28. The van der Waals surface area contributed by atoms with Crippen LogP contribution in [0.4, 0.5) is 0 Å². The molecule has 0 heterocycles. The summed E-state index contributed by atoms with van der Waals surface area (Å²) in [4.78, 5) is 18.7. The van der Waals surface area contributed by atoms with Crippen LogP contribution in [0.1, 0.15) is 0 Å². The molecule has 0 saturated carbocycles. The van der Waals surface area contributed by atoms with Gasteiger partial charge in [0.05, 0.1) is 0 Å². The molecule has 0 aliphatic carbocycles. The van der Waals surface area contributed by atoms with Gasteiger partial charge in [-0.15, -0.1) is 0 Å². The van der Waals surface area contributed by atoms with E-state index in [0.29, 0.717) is 0 Å². The molecule has 0 aliphatic heterocycles. The maximum Gasteiger partial charge on any atom is 2.00 e. The minimum Gasteiger partial charge on any atom is 2.00 e.